The molecule has 0 radical (unpaired) electrons. The van der Waals surface area contributed by atoms with Gasteiger partial charge in [0, 0.05) is 37.5 Å². The van der Waals surface area contributed by atoms with Crippen molar-refractivity contribution >= 4 is 11.8 Å². The van der Waals surface area contributed by atoms with Crippen molar-refractivity contribution in [2.45, 2.75) is 96.1 Å². The Hall–Kier alpha value is -1.02. The van der Waals surface area contributed by atoms with Crippen LogP contribution in [0.15, 0.2) is 0 Å². The molecule has 1 aliphatic heterocycles. The molecule has 6 aliphatic rings. The van der Waals surface area contributed by atoms with Gasteiger partial charge >= 0.3 is 5.97 Å². The van der Waals surface area contributed by atoms with Gasteiger partial charge in [-0.25, -0.2) is 0 Å². The van der Waals surface area contributed by atoms with Crippen molar-refractivity contribution in [3.63, 3.8) is 0 Å². The molecule has 4 bridgehead atoms. The van der Waals surface area contributed by atoms with E-state index in [0.29, 0.717) is 31.1 Å². The van der Waals surface area contributed by atoms with E-state index < -0.39 is 11.6 Å². The van der Waals surface area contributed by atoms with Gasteiger partial charge in [-0.1, -0.05) is 13.8 Å². The Balaban J connectivity index is 1.12. The summed E-state index contributed by atoms with van der Waals surface area (Å²) in [7, 11) is 1.38. The summed E-state index contributed by atoms with van der Waals surface area (Å²) in [5, 5.41) is 0. The van der Waals surface area contributed by atoms with E-state index in [1.165, 1.54) is 13.5 Å². The maximum atomic E-state index is 12.6. The lowest BCUT2D eigenvalue weighted by atomic mass is 9.53. The molecule has 0 aromatic heterocycles. The number of hydrogen-bond donors (Lipinski definition) is 0. The maximum absolute atomic E-state index is 12.6. The molecule has 6 rings (SSSR count). The summed E-state index contributed by atoms with van der Waals surface area (Å²) >= 11 is 0. The van der Waals surface area contributed by atoms with E-state index in [0.717, 1.165) is 50.4 Å². The Morgan fingerprint density at radius 2 is 1.47 bits per heavy atom. The molecule has 6 fully saturated rings. The Morgan fingerprint density at radius 3 is 1.97 bits per heavy atom. The largest absolute Gasteiger partial charge is 0.469 e. The highest BCUT2D eigenvalue weighted by atomic mass is 17.4. The highest BCUT2D eigenvalue weighted by Gasteiger charge is 2.64. The lowest BCUT2D eigenvalue weighted by Gasteiger charge is -2.60. The van der Waals surface area contributed by atoms with Crippen LogP contribution in [0.1, 0.15) is 84.5 Å². The minimum absolute atomic E-state index is 0.0804. The normalized spacial score (nSPS) is 43.7. The molecule has 180 valence electrons. The van der Waals surface area contributed by atoms with Crippen LogP contribution in [-0.4, -0.2) is 30.4 Å². The molecule has 1 saturated heterocycles. The summed E-state index contributed by atoms with van der Waals surface area (Å²) in [6.07, 6.45) is 9.62. The van der Waals surface area contributed by atoms with Crippen LogP contribution in [0, 0.1) is 41.4 Å². The minimum Gasteiger partial charge on any atom is -0.469 e. The molecule has 0 aromatic rings. The quantitative estimate of drug-likeness (QED) is 0.427. The van der Waals surface area contributed by atoms with Crippen LogP contribution < -0.4 is 0 Å². The van der Waals surface area contributed by atoms with Crippen molar-refractivity contribution in [3.8, 4) is 0 Å². The number of ketones is 1. The van der Waals surface area contributed by atoms with Gasteiger partial charge in [0.25, 0.3) is 0 Å². The number of esters is 1. The Morgan fingerprint density at radius 1 is 0.906 bits per heavy atom. The second kappa shape index (κ2) is 8.64. The van der Waals surface area contributed by atoms with Gasteiger partial charge in [0.15, 0.2) is 0 Å². The standard InChI is InChI=1S/C25H38O7/c1-15(2)22(23(27)28-3)14-21(26)13-16-4-6-24(7-5-16)29-31-25(32-30-24)19-9-17-8-18(11-19)12-20(25)10-17/h15-20,22H,4-14H2,1-3H3/t16?,17?,18?,19?,20?,22-,24?,25?/m0/s1. The maximum Gasteiger partial charge on any atom is 0.309 e. The van der Waals surface area contributed by atoms with E-state index in [4.69, 9.17) is 24.3 Å². The van der Waals surface area contributed by atoms with Crippen LogP contribution in [0.25, 0.3) is 0 Å². The van der Waals surface area contributed by atoms with E-state index >= 15 is 0 Å². The highest BCUT2D eigenvalue weighted by Crippen LogP contribution is 2.62. The summed E-state index contributed by atoms with van der Waals surface area (Å²) in [5.41, 5.74) is 0. The number of carbonyl (C=O) groups excluding carboxylic acids is 2. The molecule has 1 heterocycles. The van der Waals surface area contributed by atoms with Crippen molar-refractivity contribution in [3.05, 3.63) is 0 Å². The third kappa shape index (κ3) is 4.04. The van der Waals surface area contributed by atoms with Crippen molar-refractivity contribution < 1.29 is 33.9 Å². The zero-order valence-electron chi connectivity index (χ0n) is 19.7. The third-order valence-electron chi connectivity index (χ3n) is 9.06. The Bertz CT molecular complexity index is 684. The van der Waals surface area contributed by atoms with Gasteiger partial charge < -0.3 is 4.74 Å². The Kier molecular flexibility index (Phi) is 6.14. The third-order valence-corrected chi connectivity index (χ3v) is 9.06. The fraction of sp³-hybridized carbons (Fsp3) is 0.920. The van der Waals surface area contributed by atoms with Crippen LogP contribution in [0.3, 0.4) is 0 Å². The minimum atomic E-state index is -0.855. The smallest absolute Gasteiger partial charge is 0.309 e. The van der Waals surface area contributed by atoms with Gasteiger partial charge in [0.2, 0.25) is 11.6 Å². The number of ether oxygens (including phenoxy) is 1. The average molecular weight is 451 g/mol. The van der Waals surface area contributed by atoms with Gasteiger partial charge in [-0.2, -0.15) is 19.6 Å². The molecule has 2 spiro atoms. The first-order valence-electron chi connectivity index (χ1n) is 12.7. The number of Topliss-reactive ketones (excluding diaryl/α,β-unsaturated/α-hetero) is 1. The van der Waals surface area contributed by atoms with Crippen LogP contribution in [0.2, 0.25) is 0 Å². The second-order valence-electron chi connectivity index (χ2n) is 11.5. The molecule has 5 aliphatic carbocycles. The van der Waals surface area contributed by atoms with Crippen molar-refractivity contribution in [2.75, 3.05) is 7.11 Å². The molecule has 32 heavy (non-hydrogen) atoms. The highest BCUT2D eigenvalue weighted by molar-refractivity contribution is 5.84. The molecular formula is C25H38O7. The molecule has 0 N–H and O–H groups in total. The summed E-state index contributed by atoms with van der Waals surface area (Å²) in [6, 6.07) is 0. The van der Waals surface area contributed by atoms with Crippen molar-refractivity contribution in [1.29, 1.82) is 0 Å². The fourth-order valence-corrected chi connectivity index (χ4v) is 7.30. The first-order chi connectivity index (χ1) is 15.3. The van der Waals surface area contributed by atoms with Crippen molar-refractivity contribution in [2.24, 2.45) is 41.4 Å². The van der Waals surface area contributed by atoms with E-state index in [1.807, 2.05) is 13.8 Å². The summed E-state index contributed by atoms with van der Waals surface area (Å²) in [4.78, 5) is 48.8. The molecule has 1 atom stereocenters. The lowest BCUT2D eigenvalue weighted by molar-refractivity contribution is -0.680. The first kappa shape index (κ1) is 22.8. The summed E-state index contributed by atoms with van der Waals surface area (Å²) in [5.74, 6) is 0.599. The van der Waals surface area contributed by atoms with Gasteiger partial charge in [0.05, 0.1) is 13.0 Å². The van der Waals surface area contributed by atoms with E-state index in [9.17, 15) is 9.59 Å². The predicted octanol–water partition coefficient (Wildman–Crippen LogP) is 4.73. The molecule has 5 saturated carbocycles. The number of rotatable bonds is 6. The number of carbonyl (C=O) groups is 2. The Labute approximate surface area is 190 Å². The zero-order valence-corrected chi connectivity index (χ0v) is 19.7. The number of hydrogen-bond acceptors (Lipinski definition) is 7. The molecule has 0 amide bonds. The molecule has 0 aromatic carbocycles. The number of methoxy groups -OCH3 is 1. The lowest BCUT2D eigenvalue weighted by Crippen LogP contribution is -2.64. The molecule has 7 nitrogen and oxygen atoms in total. The fourth-order valence-electron chi connectivity index (χ4n) is 7.30. The van der Waals surface area contributed by atoms with Crippen LogP contribution >= 0.6 is 0 Å². The zero-order chi connectivity index (χ0) is 22.5. The van der Waals surface area contributed by atoms with Crippen molar-refractivity contribution in [1.82, 2.24) is 0 Å². The van der Waals surface area contributed by atoms with Gasteiger partial charge in [0.1, 0.15) is 5.78 Å². The molecular weight excluding hydrogens is 412 g/mol. The van der Waals surface area contributed by atoms with E-state index in [-0.39, 0.29) is 35.9 Å². The second-order valence-corrected chi connectivity index (χ2v) is 11.5. The van der Waals surface area contributed by atoms with Crippen LogP contribution in [0.4, 0.5) is 0 Å². The monoisotopic (exact) mass is 450 g/mol. The van der Waals surface area contributed by atoms with Gasteiger partial charge in [-0.3, -0.25) is 9.59 Å². The van der Waals surface area contributed by atoms with Gasteiger partial charge in [-0.15, -0.1) is 0 Å². The molecule has 0 unspecified atom stereocenters. The average Bonchev–Trinajstić information content (AvgIpc) is 2.78. The predicted molar refractivity (Wildman–Crippen MR) is 113 cm³/mol. The van der Waals surface area contributed by atoms with E-state index in [1.54, 1.807) is 0 Å². The topological polar surface area (TPSA) is 80.3 Å². The summed E-state index contributed by atoms with van der Waals surface area (Å²) < 4.78 is 4.87. The van der Waals surface area contributed by atoms with E-state index in [2.05, 4.69) is 0 Å². The van der Waals surface area contributed by atoms with Gasteiger partial charge in [-0.05, 0) is 68.6 Å². The summed E-state index contributed by atoms with van der Waals surface area (Å²) in [6.45, 7) is 3.90. The first-order valence-corrected chi connectivity index (χ1v) is 12.7. The van der Waals surface area contributed by atoms with Crippen LogP contribution in [0.5, 0.6) is 0 Å². The van der Waals surface area contributed by atoms with Crippen LogP contribution in [-0.2, 0) is 33.9 Å². The SMILES string of the molecule is COC(=O)[C@@H](CC(=O)CC1CCC2(CC1)OOC1(OO2)C2CC3CC(C2)CC1C3)C(C)C. The molecule has 7 heteroatoms.